The van der Waals surface area contributed by atoms with Crippen LogP contribution in [0.2, 0.25) is 0 Å². The minimum atomic E-state index is -0.218. The summed E-state index contributed by atoms with van der Waals surface area (Å²) in [5.41, 5.74) is 6.02. The molecule has 5 rings (SSSR count). The van der Waals surface area contributed by atoms with Crippen molar-refractivity contribution in [2.24, 2.45) is 11.8 Å². The fourth-order valence-electron chi connectivity index (χ4n) is 5.49. The smallest absolute Gasteiger partial charge is 0.173 e. The van der Waals surface area contributed by atoms with Gasteiger partial charge in [-0.3, -0.25) is 4.79 Å². The third-order valence-electron chi connectivity index (χ3n) is 6.38. The second-order valence-corrected chi connectivity index (χ2v) is 8.77. The minimum absolute atomic E-state index is 0.0684. The van der Waals surface area contributed by atoms with Gasteiger partial charge >= 0.3 is 0 Å². The number of hydrogen-bond donors (Lipinski definition) is 1. The Morgan fingerprint density at radius 3 is 2.54 bits per heavy atom. The molecule has 1 aromatic heterocycles. The van der Waals surface area contributed by atoms with E-state index in [0.29, 0.717) is 5.57 Å². The van der Waals surface area contributed by atoms with Crippen molar-refractivity contribution >= 4 is 22.7 Å². The van der Waals surface area contributed by atoms with Crippen molar-refractivity contribution in [3.8, 4) is 0 Å². The number of aliphatic hydroxyl groups excluding tert-OH is 1. The van der Waals surface area contributed by atoms with Crippen molar-refractivity contribution in [2.75, 3.05) is 0 Å². The second kappa shape index (κ2) is 5.54. The summed E-state index contributed by atoms with van der Waals surface area (Å²) in [7, 11) is 0. The molecule has 0 spiro atoms. The molecule has 0 amide bonds. The van der Waals surface area contributed by atoms with E-state index in [-0.39, 0.29) is 41.5 Å². The first-order valence-electron chi connectivity index (χ1n) is 9.20. The van der Waals surface area contributed by atoms with Crippen molar-refractivity contribution in [1.82, 2.24) is 0 Å². The van der Waals surface area contributed by atoms with E-state index in [1.165, 1.54) is 11.1 Å². The normalized spacial score (nSPS) is 32.6. The summed E-state index contributed by atoms with van der Waals surface area (Å²) < 4.78 is 6.17. The molecule has 2 aromatic rings. The maximum absolute atomic E-state index is 13.3. The van der Waals surface area contributed by atoms with E-state index >= 15 is 0 Å². The van der Waals surface area contributed by atoms with Gasteiger partial charge in [-0.15, -0.1) is 0 Å². The Morgan fingerprint density at radius 2 is 1.88 bits per heavy atom. The molecule has 2 bridgehead atoms. The van der Waals surface area contributed by atoms with Crippen LogP contribution in [0.4, 0.5) is 0 Å². The highest BCUT2D eigenvalue weighted by atomic mass is 32.1. The molecule has 0 unspecified atom stereocenters. The number of aliphatic hydroxyl groups is 1. The van der Waals surface area contributed by atoms with Gasteiger partial charge in [0, 0.05) is 5.92 Å². The van der Waals surface area contributed by atoms with E-state index in [9.17, 15) is 9.90 Å². The number of ether oxygens (including phenoxy) is 1. The number of benzene rings is 1. The molecule has 3 aliphatic rings. The van der Waals surface area contributed by atoms with E-state index in [0.717, 1.165) is 23.1 Å². The molecule has 0 radical (unpaired) electrons. The quantitative estimate of drug-likeness (QED) is 0.837. The Kier molecular flexibility index (Phi) is 3.47. The molecular weight excluding hydrogens is 344 g/mol. The summed E-state index contributed by atoms with van der Waals surface area (Å²) in [5, 5.41) is 15.4. The molecule has 26 heavy (non-hydrogen) atoms. The van der Waals surface area contributed by atoms with Gasteiger partial charge in [-0.05, 0) is 66.3 Å². The predicted molar refractivity (Wildman–Crippen MR) is 103 cm³/mol. The zero-order valence-corrected chi connectivity index (χ0v) is 16.0. The lowest BCUT2D eigenvalue weighted by Gasteiger charge is -2.27. The monoisotopic (exact) mass is 366 g/mol. The topological polar surface area (TPSA) is 46.5 Å². The number of ketones is 1. The first kappa shape index (κ1) is 16.3. The summed E-state index contributed by atoms with van der Waals surface area (Å²) in [6, 6.07) is 6.31. The van der Waals surface area contributed by atoms with E-state index in [1.54, 1.807) is 11.3 Å². The Morgan fingerprint density at radius 1 is 1.15 bits per heavy atom. The molecule has 1 N–H and O–H groups in total. The SMILES string of the molecule is Cc1cc(C)c(C2=C(O)[C@@H]3[C@@H]4O[C@@H](C[C@H]4c4ccsc4)[C@@H]3C2=O)c(C)c1. The zero-order chi connectivity index (χ0) is 18.2. The maximum Gasteiger partial charge on any atom is 0.173 e. The molecule has 2 aliphatic heterocycles. The number of hydrogen-bond acceptors (Lipinski definition) is 4. The Hall–Kier alpha value is -1.91. The molecule has 5 atom stereocenters. The number of carbonyl (C=O) groups excluding carboxylic acids is 1. The summed E-state index contributed by atoms with van der Waals surface area (Å²) in [4.78, 5) is 13.3. The van der Waals surface area contributed by atoms with Crippen LogP contribution in [0.15, 0.2) is 34.7 Å². The zero-order valence-electron chi connectivity index (χ0n) is 15.2. The molecule has 134 valence electrons. The van der Waals surface area contributed by atoms with Crippen molar-refractivity contribution in [3.63, 3.8) is 0 Å². The molecule has 1 aliphatic carbocycles. The first-order valence-corrected chi connectivity index (χ1v) is 10.1. The maximum atomic E-state index is 13.3. The van der Waals surface area contributed by atoms with Crippen LogP contribution in [-0.4, -0.2) is 23.1 Å². The Balaban J connectivity index is 1.60. The number of allylic oxidation sites excluding steroid dienone is 1. The Bertz CT molecular complexity index is 917. The fourth-order valence-corrected chi connectivity index (χ4v) is 6.22. The lowest BCUT2D eigenvalue weighted by Crippen LogP contribution is -2.33. The van der Waals surface area contributed by atoms with Crippen LogP contribution >= 0.6 is 11.3 Å². The molecule has 2 saturated heterocycles. The van der Waals surface area contributed by atoms with Crippen molar-refractivity contribution < 1.29 is 14.6 Å². The first-order chi connectivity index (χ1) is 12.5. The highest BCUT2D eigenvalue weighted by Crippen LogP contribution is 2.58. The van der Waals surface area contributed by atoms with Crippen LogP contribution in [0.5, 0.6) is 0 Å². The second-order valence-electron chi connectivity index (χ2n) is 7.99. The number of thiophene rings is 1. The van der Waals surface area contributed by atoms with Gasteiger partial charge in [0.05, 0.1) is 29.6 Å². The van der Waals surface area contributed by atoms with Crippen molar-refractivity contribution in [1.29, 1.82) is 0 Å². The number of aryl methyl sites for hydroxylation is 3. The summed E-state index contributed by atoms with van der Waals surface area (Å²) in [6.07, 6.45) is 0.709. The average molecular weight is 366 g/mol. The molecule has 0 saturated carbocycles. The standard InChI is InChI=1S/C22H22O3S/c1-10-6-11(2)16(12(3)7-10)18-20(23)17-15-8-14(13-4-5-26-9-13)22(25-15)19(17)21(18)24/h4-7,9,14-15,17,19,22,24H,8H2,1-3H3/t14-,15-,17-,19+,22+/m0/s1. The van der Waals surface area contributed by atoms with Crippen LogP contribution in [0.1, 0.15) is 40.2 Å². The van der Waals surface area contributed by atoms with Crippen LogP contribution in [-0.2, 0) is 9.53 Å². The van der Waals surface area contributed by atoms with Crippen LogP contribution < -0.4 is 0 Å². The molecule has 3 heterocycles. The lowest BCUT2D eigenvalue weighted by molar-refractivity contribution is -0.118. The molecular formula is C22H22O3S. The number of carbonyl (C=O) groups is 1. The van der Waals surface area contributed by atoms with E-state index in [1.807, 2.05) is 13.8 Å². The molecule has 1 aromatic carbocycles. The van der Waals surface area contributed by atoms with Crippen LogP contribution in [0.3, 0.4) is 0 Å². The van der Waals surface area contributed by atoms with Crippen molar-refractivity contribution in [3.05, 3.63) is 62.5 Å². The summed E-state index contributed by atoms with van der Waals surface area (Å²) in [5.74, 6) is 0.189. The van der Waals surface area contributed by atoms with Gasteiger partial charge < -0.3 is 9.84 Å². The van der Waals surface area contributed by atoms with Crippen molar-refractivity contribution in [2.45, 2.75) is 45.3 Å². The van der Waals surface area contributed by atoms with Crippen LogP contribution in [0, 0.1) is 32.6 Å². The third kappa shape index (κ3) is 2.06. The number of rotatable bonds is 2. The largest absolute Gasteiger partial charge is 0.511 e. The number of Topliss-reactive ketones (excluding diaryl/α,β-unsaturated/α-hetero) is 1. The Labute approximate surface area is 157 Å². The summed E-state index contributed by atoms with van der Waals surface area (Å²) in [6.45, 7) is 6.11. The highest BCUT2D eigenvalue weighted by molar-refractivity contribution is 7.08. The van der Waals surface area contributed by atoms with E-state index in [2.05, 4.69) is 35.9 Å². The van der Waals surface area contributed by atoms with Gasteiger partial charge in [-0.1, -0.05) is 17.7 Å². The number of fused-ring (bicyclic) bond motifs is 5. The van der Waals surface area contributed by atoms with Gasteiger partial charge in [0.1, 0.15) is 5.76 Å². The predicted octanol–water partition coefficient (Wildman–Crippen LogP) is 4.71. The van der Waals surface area contributed by atoms with Gasteiger partial charge in [-0.2, -0.15) is 11.3 Å². The van der Waals surface area contributed by atoms with E-state index in [4.69, 9.17) is 4.74 Å². The lowest BCUT2D eigenvalue weighted by atomic mass is 9.73. The molecule has 3 nitrogen and oxygen atoms in total. The van der Waals surface area contributed by atoms with Gasteiger partial charge in [0.2, 0.25) is 0 Å². The minimum Gasteiger partial charge on any atom is -0.511 e. The summed E-state index contributed by atoms with van der Waals surface area (Å²) >= 11 is 1.69. The van der Waals surface area contributed by atoms with Crippen LogP contribution in [0.25, 0.3) is 5.57 Å². The van der Waals surface area contributed by atoms with E-state index < -0.39 is 0 Å². The van der Waals surface area contributed by atoms with Gasteiger partial charge in [0.15, 0.2) is 5.78 Å². The molecule has 4 heteroatoms. The third-order valence-corrected chi connectivity index (χ3v) is 7.08. The highest BCUT2D eigenvalue weighted by Gasteiger charge is 2.62. The fraction of sp³-hybridized carbons (Fsp3) is 0.409. The molecule has 2 fully saturated rings. The van der Waals surface area contributed by atoms with Gasteiger partial charge in [0.25, 0.3) is 0 Å². The van der Waals surface area contributed by atoms with Gasteiger partial charge in [-0.25, -0.2) is 0 Å². The average Bonchev–Trinajstić information content (AvgIpc) is 3.33.